The van der Waals surface area contributed by atoms with E-state index in [9.17, 15) is 4.79 Å². The average Bonchev–Trinajstić information content (AvgIpc) is 3.01. The van der Waals surface area contributed by atoms with Gasteiger partial charge in [-0.1, -0.05) is 13.0 Å². The van der Waals surface area contributed by atoms with Gasteiger partial charge in [0.05, 0.1) is 32.1 Å². The Morgan fingerprint density at radius 1 is 1.35 bits per heavy atom. The van der Waals surface area contributed by atoms with Gasteiger partial charge in [0.2, 0.25) is 0 Å². The summed E-state index contributed by atoms with van der Waals surface area (Å²) in [5.41, 5.74) is 0.723. The van der Waals surface area contributed by atoms with E-state index in [2.05, 4.69) is 4.98 Å². The minimum absolute atomic E-state index is 0.0403. The third kappa shape index (κ3) is 5.61. The van der Waals surface area contributed by atoms with Crippen LogP contribution in [0.5, 0.6) is 0 Å². The van der Waals surface area contributed by atoms with Crippen LogP contribution in [0.15, 0.2) is 23.3 Å². The van der Waals surface area contributed by atoms with Gasteiger partial charge < -0.3 is 14.2 Å². The fraction of sp³-hybridized carbons (Fsp3) is 0.438. The number of rotatable bonds is 8. The Hall–Kier alpha value is -1.99. The van der Waals surface area contributed by atoms with E-state index in [1.165, 1.54) is 25.4 Å². The summed E-state index contributed by atoms with van der Waals surface area (Å²) in [5.74, 6) is 0.782. The molecule has 0 bridgehead atoms. The van der Waals surface area contributed by atoms with Crippen LogP contribution >= 0.6 is 11.3 Å². The summed E-state index contributed by atoms with van der Waals surface area (Å²) in [6, 6.07) is 0. The van der Waals surface area contributed by atoms with Gasteiger partial charge in [-0.3, -0.25) is 4.79 Å². The van der Waals surface area contributed by atoms with Crippen molar-refractivity contribution in [1.82, 2.24) is 4.98 Å². The molecule has 0 aromatic carbocycles. The van der Waals surface area contributed by atoms with Gasteiger partial charge in [0.25, 0.3) is 0 Å². The third-order valence-corrected chi connectivity index (χ3v) is 4.21. The summed E-state index contributed by atoms with van der Waals surface area (Å²) < 4.78 is 15.8. The van der Waals surface area contributed by atoms with Crippen LogP contribution in [0.1, 0.15) is 29.3 Å². The summed E-state index contributed by atoms with van der Waals surface area (Å²) in [4.78, 5) is 15.5. The molecular formula is C16H23N2O4S+. The lowest BCUT2D eigenvalue weighted by Gasteiger charge is -2.21. The average molecular weight is 339 g/mol. The smallest absolute Gasteiger partial charge is 0.362 e. The number of Topliss-reactive ketones (excluding diaryl/α,β-unsaturated/α-hetero) is 1. The van der Waals surface area contributed by atoms with E-state index in [0.717, 1.165) is 5.69 Å². The molecule has 126 valence electrons. The number of ketones is 1. The highest BCUT2D eigenvalue weighted by atomic mass is 32.1. The Balaban J connectivity index is 2.89. The molecule has 0 saturated carbocycles. The molecule has 23 heavy (non-hydrogen) atoms. The highest BCUT2D eigenvalue weighted by molar-refractivity contribution is 7.11. The molecule has 0 aliphatic heterocycles. The Morgan fingerprint density at radius 2 is 2.04 bits per heavy atom. The second-order valence-corrected chi connectivity index (χ2v) is 5.70. The molecule has 1 aromatic heterocycles. The number of methoxy groups -OCH3 is 3. The molecule has 6 nitrogen and oxygen atoms in total. The third-order valence-electron chi connectivity index (χ3n) is 3.25. The predicted molar refractivity (Wildman–Crippen MR) is 90.1 cm³/mol. The zero-order valence-corrected chi connectivity index (χ0v) is 14.8. The van der Waals surface area contributed by atoms with E-state index in [1.54, 1.807) is 20.3 Å². The number of hydrogen-bond donors (Lipinski definition) is 1. The van der Waals surface area contributed by atoms with Gasteiger partial charge in [-0.05, 0) is 6.08 Å². The molecule has 0 saturated heterocycles. The topological polar surface area (TPSA) is 83.2 Å². The fourth-order valence-electron chi connectivity index (χ4n) is 1.90. The fourth-order valence-corrected chi connectivity index (χ4v) is 2.59. The van der Waals surface area contributed by atoms with Crippen LogP contribution < -0.4 is 5.41 Å². The van der Waals surface area contributed by atoms with Gasteiger partial charge in [0.1, 0.15) is 5.76 Å². The van der Waals surface area contributed by atoms with Gasteiger partial charge in [0.15, 0.2) is 10.8 Å². The van der Waals surface area contributed by atoms with Crippen molar-refractivity contribution in [3.05, 3.63) is 34.0 Å². The van der Waals surface area contributed by atoms with Gasteiger partial charge in [-0.2, -0.15) is 0 Å². The summed E-state index contributed by atoms with van der Waals surface area (Å²) in [7, 11) is 4.68. The first-order valence-electron chi connectivity index (χ1n) is 7.02. The maximum absolute atomic E-state index is 11.3. The number of hydrogen-bond acceptors (Lipinski definition) is 6. The lowest BCUT2D eigenvalue weighted by Crippen LogP contribution is -2.40. The minimum Gasteiger partial charge on any atom is -0.500 e. The summed E-state index contributed by atoms with van der Waals surface area (Å²) in [6.07, 6.45) is 5.08. The molecule has 0 aliphatic carbocycles. The zero-order valence-electron chi connectivity index (χ0n) is 14.0. The van der Waals surface area contributed by atoms with Crippen molar-refractivity contribution in [3.63, 3.8) is 0 Å². The van der Waals surface area contributed by atoms with E-state index in [-0.39, 0.29) is 23.7 Å². The van der Waals surface area contributed by atoms with Crippen molar-refractivity contribution in [2.24, 2.45) is 5.92 Å². The van der Waals surface area contributed by atoms with E-state index in [4.69, 9.17) is 19.6 Å². The Bertz CT molecular complexity index is 607. The van der Waals surface area contributed by atoms with Gasteiger partial charge in [-0.15, -0.1) is 11.3 Å². The lowest BCUT2D eigenvalue weighted by atomic mass is 10.0. The summed E-state index contributed by atoms with van der Waals surface area (Å²) >= 11 is 1.32. The number of ether oxygens (including phenoxy) is 3. The molecule has 0 radical (unpaired) electrons. The number of carbonyl (C=O) groups excluding carboxylic acids is 1. The van der Waals surface area contributed by atoms with Gasteiger partial charge in [-0.25, -0.2) is 10.4 Å². The van der Waals surface area contributed by atoms with Crippen LogP contribution in [0.4, 0.5) is 0 Å². The first kappa shape index (κ1) is 19.1. The van der Waals surface area contributed by atoms with E-state index >= 15 is 0 Å². The molecular weight excluding hydrogens is 316 g/mol. The summed E-state index contributed by atoms with van der Waals surface area (Å²) in [6.45, 7) is 3.46. The molecule has 2 N–H and O–H groups in total. The van der Waals surface area contributed by atoms with E-state index in [0.29, 0.717) is 10.8 Å². The van der Waals surface area contributed by atoms with E-state index < -0.39 is 0 Å². The van der Waals surface area contributed by atoms with Crippen molar-refractivity contribution in [3.8, 4) is 0 Å². The SMILES string of the molecule is COC(=[NH2+])/C=C(/OC)C(C)C(/C=C/c1csc(C(C)=O)n1)OC. The van der Waals surface area contributed by atoms with Crippen LogP contribution in [-0.4, -0.2) is 44.1 Å². The maximum atomic E-state index is 11.3. The van der Waals surface area contributed by atoms with Crippen molar-refractivity contribution in [2.45, 2.75) is 20.0 Å². The minimum atomic E-state index is -0.242. The first-order valence-corrected chi connectivity index (χ1v) is 7.90. The lowest BCUT2D eigenvalue weighted by molar-refractivity contribution is -0.135. The summed E-state index contributed by atoms with van der Waals surface area (Å²) in [5, 5.41) is 7.98. The van der Waals surface area contributed by atoms with Gasteiger partial charge >= 0.3 is 5.90 Å². The molecule has 0 amide bonds. The number of thiazole rings is 1. The predicted octanol–water partition coefficient (Wildman–Crippen LogP) is 1.34. The number of carbonyl (C=O) groups is 1. The highest BCUT2D eigenvalue weighted by Gasteiger charge is 2.21. The molecule has 0 fully saturated rings. The van der Waals surface area contributed by atoms with Gasteiger partial charge in [0, 0.05) is 25.3 Å². The highest BCUT2D eigenvalue weighted by Crippen LogP contribution is 2.20. The number of nitrogens with two attached hydrogens (primary N) is 1. The Morgan fingerprint density at radius 3 is 2.52 bits per heavy atom. The maximum Gasteiger partial charge on any atom is 0.362 e. The molecule has 1 heterocycles. The first-order chi connectivity index (χ1) is 10.9. The molecule has 1 aromatic rings. The Kier molecular flexibility index (Phi) is 7.64. The molecule has 0 aliphatic rings. The molecule has 1 rings (SSSR count). The number of aromatic nitrogens is 1. The molecule has 2 unspecified atom stereocenters. The quantitative estimate of drug-likeness (QED) is 0.334. The van der Waals surface area contributed by atoms with Crippen LogP contribution in [0.25, 0.3) is 6.08 Å². The number of nitrogens with zero attached hydrogens (tertiary/aromatic N) is 1. The monoisotopic (exact) mass is 339 g/mol. The van der Waals surface area contributed by atoms with Crippen LogP contribution in [0, 0.1) is 5.92 Å². The largest absolute Gasteiger partial charge is 0.500 e. The molecule has 0 spiro atoms. The Labute approximate surface area is 140 Å². The van der Waals surface area contributed by atoms with Crippen molar-refractivity contribution >= 4 is 29.1 Å². The van der Waals surface area contributed by atoms with Crippen LogP contribution in [-0.2, 0) is 14.2 Å². The normalized spacial score (nSPS) is 14.6. The van der Waals surface area contributed by atoms with Crippen LogP contribution in [0.3, 0.4) is 0 Å². The van der Waals surface area contributed by atoms with E-state index in [1.807, 2.05) is 24.5 Å². The molecule has 7 heteroatoms. The second-order valence-electron chi connectivity index (χ2n) is 4.84. The second kappa shape index (κ2) is 9.22. The standard InChI is InChI=1S/C16H22N2O4S/c1-10(14(21-4)8-15(17)22-5)13(20-3)7-6-12-9-23-16(18-12)11(2)19/h6-10,13,17H,1-5H3/p+1/b7-6+,14-8+,17-15?. The van der Waals surface area contributed by atoms with Crippen molar-refractivity contribution in [1.29, 1.82) is 0 Å². The van der Waals surface area contributed by atoms with Crippen LogP contribution in [0.2, 0.25) is 0 Å². The zero-order chi connectivity index (χ0) is 17.4. The van der Waals surface area contributed by atoms with Crippen molar-refractivity contribution in [2.75, 3.05) is 21.3 Å². The van der Waals surface area contributed by atoms with Crippen molar-refractivity contribution < 1.29 is 24.4 Å². The molecule has 2 atom stereocenters.